The topological polar surface area (TPSA) is 48.0 Å². The fourth-order valence-electron chi connectivity index (χ4n) is 4.48. The summed E-state index contributed by atoms with van der Waals surface area (Å²) in [5, 5.41) is 4.52. The molecule has 0 radical (unpaired) electrons. The highest BCUT2D eigenvalue weighted by atomic mass is 16.1. The van der Waals surface area contributed by atoms with Crippen LogP contribution in [0.4, 0.5) is 0 Å². The summed E-state index contributed by atoms with van der Waals surface area (Å²) < 4.78 is 2.31. The van der Waals surface area contributed by atoms with Crippen molar-refractivity contribution in [1.82, 2.24) is 4.57 Å². The molecule has 0 spiro atoms. The molecule has 0 fully saturated rings. The van der Waals surface area contributed by atoms with Crippen LogP contribution < -0.4 is 5.73 Å². The van der Waals surface area contributed by atoms with E-state index in [0.29, 0.717) is 5.56 Å². The van der Waals surface area contributed by atoms with Crippen LogP contribution in [0.5, 0.6) is 0 Å². The highest BCUT2D eigenvalue weighted by molar-refractivity contribution is 6.18. The van der Waals surface area contributed by atoms with Crippen LogP contribution >= 0.6 is 0 Å². The second-order valence-corrected chi connectivity index (χ2v) is 8.04. The molecule has 0 saturated heterocycles. The van der Waals surface area contributed by atoms with Crippen molar-refractivity contribution in [3.8, 4) is 0 Å². The lowest BCUT2D eigenvalue weighted by Gasteiger charge is -2.10. The summed E-state index contributed by atoms with van der Waals surface area (Å²) in [5.41, 5.74) is 12.3. The number of nitrogens with two attached hydrogens (primary N) is 1. The van der Waals surface area contributed by atoms with Gasteiger partial charge < -0.3 is 10.3 Å². The van der Waals surface area contributed by atoms with E-state index in [1.165, 1.54) is 27.5 Å². The van der Waals surface area contributed by atoms with Gasteiger partial charge in [-0.05, 0) is 59.5 Å². The molecule has 0 saturated carbocycles. The Hall–Kier alpha value is -3.59. The van der Waals surface area contributed by atoms with E-state index in [9.17, 15) is 4.79 Å². The van der Waals surface area contributed by atoms with E-state index in [4.69, 9.17) is 5.73 Å². The second kappa shape index (κ2) is 7.03. The first-order chi connectivity index (χ1) is 14.5. The first-order valence-electron chi connectivity index (χ1n) is 10.4. The highest BCUT2D eigenvalue weighted by Gasteiger charge is 2.17. The third kappa shape index (κ3) is 2.94. The molecule has 5 aromatic rings. The number of primary amides is 1. The molecule has 0 atom stereocenters. The molecule has 3 nitrogen and oxygen atoms in total. The van der Waals surface area contributed by atoms with Crippen LogP contribution in [-0.4, -0.2) is 10.5 Å². The molecular weight excluding hydrogens is 368 g/mol. The van der Waals surface area contributed by atoms with Crippen LogP contribution in [0.25, 0.3) is 32.6 Å². The van der Waals surface area contributed by atoms with Gasteiger partial charge in [-0.15, -0.1) is 0 Å². The number of fused-ring (bicyclic) bond motifs is 4. The minimum absolute atomic E-state index is 0.389. The van der Waals surface area contributed by atoms with Crippen molar-refractivity contribution in [3.63, 3.8) is 0 Å². The van der Waals surface area contributed by atoms with Gasteiger partial charge in [0.05, 0.1) is 5.52 Å². The first kappa shape index (κ1) is 18.4. The molecular formula is C27H24N2O. The summed E-state index contributed by atoms with van der Waals surface area (Å²) in [4.78, 5) is 12.1. The van der Waals surface area contributed by atoms with Gasteiger partial charge >= 0.3 is 0 Å². The lowest BCUT2D eigenvalue weighted by Crippen LogP contribution is -2.11. The standard InChI is InChI=1S/C27H24N2O/c1-3-18-9-12-22-25(15-18)29(24-6-4-5-23(26(22)24)27(28)30)16-19-8-11-20-13-17(2)7-10-21(20)14-19/h4-15H,3,16H2,1-2H3,(H2,28,30). The van der Waals surface area contributed by atoms with E-state index in [0.717, 1.165) is 34.8 Å². The molecule has 3 heteroatoms. The van der Waals surface area contributed by atoms with Gasteiger partial charge in [0.25, 0.3) is 0 Å². The van der Waals surface area contributed by atoms with Crippen molar-refractivity contribution >= 4 is 38.5 Å². The molecule has 0 bridgehead atoms. The minimum atomic E-state index is -0.389. The monoisotopic (exact) mass is 392 g/mol. The zero-order valence-corrected chi connectivity index (χ0v) is 17.3. The molecule has 0 unspecified atom stereocenters. The largest absolute Gasteiger partial charge is 0.366 e. The zero-order chi connectivity index (χ0) is 20.8. The van der Waals surface area contributed by atoms with Gasteiger partial charge in [-0.2, -0.15) is 0 Å². The Bertz CT molecular complexity index is 1440. The van der Waals surface area contributed by atoms with E-state index < -0.39 is 0 Å². The van der Waals surface area contributed by atoms with E-state index >= 15 is 0 Å². The van der Waals surface area contributed by atoms with Gasteiger partial charge in [0.15, 0.2) is 0 Å². The number of nitrogens with zero attached hydrogens (tertiary/aromatic N) is 1. The van der Waals surface area contributed by atoms with E-state index in [1.54, 1.807) is 0 Å². The average Bonchev–Trinajstić information content (AvgIpc) is 3.06. The first-order valence-corrected chi connectivity index (χ1v) is 10.4. The van der Waals surface area contributed by atoms with Gasteiger partial charge in [0, 0.05) is 28.4 Å². The Balaban J connectivity index is 1.75. The maximum Gasteiger partial charge on any atom is 0.249 e. The van der Waals surface area contributed by atoms with Crippen LogP contribution in [0.15, 0.2) is 72.8 Å². The Morgan fingerprint density at radius 3 is 2.43 bits per heavy atom. The van der Waals surface area contributed by atoms with Crippen LogP contribution in [-0.2, 0) is 13.0 Å². The minimum Gasteiger partial charge on any atom is -0.366 e. The Morgan fingerprint density at radius 1 is 0.867 bits per heavy atom. The molecule has 0 aliphatic carbocycles. The van der Waals surface area contributed by atoms with Crippen LogP contribution in [0.3, 0.4) is 0 Å². The fraction of sp³-hybridized carbons (Fsp3) is 0.148. The number of aryl methyl sites for hydroxylation is 2. The molecule has 0 aliphatic rings. The lowest BCUT2D eigenvalue weighted by molar-refractivity contribution is 0.100. The summed E-state index contributed by atoms with van der Waals surface area (Å²) in [6.45, 7) is 5.01. The number of aromatic nitrogens is 1. The third-order valence-electron chi connectivity index (χ3n) is 6.03. The van der Waals surface area contributed by atoms with Crippen molar-refractivity contribution in [2.75, 3.05) is 0 Å². The predicted octanol–water partition coefficient (Wildman–Crippen LogP) is 5.97. The maximum atomic E-state index is 12.1. The van der Waals surface area contributed by atoms with Crippen LogP contribution in [0.1, 0.15) is 34.0 Å². The smallest absolute Gasteiger partial charge is 0.249 e. The predicted molar refractivity (Wildman–Crippen MR) is 125 cm³/mol. The summed E-state index contributed by atoms with van der Waals surface area (Å²) in [5.74, 6) is -0.389. The number of hydrogen-bond acceptors (Lipinski definition) is 1. The third-order valence-corrected chi connectivity index (χ3v) is 6.03. The van der Waals surface area contributed by atoms with Crippen molar-refractivity contribution in [2.24, 2.45) is 5.73 Å². The van der Waals surface area contributed by atoms with Crippen LogP contribution in [0.2, 0.25) is 0 Å². The Morgan fingerprint density at radius 2 is 1.63 bits per heavy atom. The van der Waals surface area contributed by atoms with Gasteiger partial charge in [-0.1, -0.05) is 61.0 Å². The summed E-state index contributed by atoms with van der Waals surface area (Å²) in [7, 11) is 0. The van der Waals surface area contributed by atoms with Gasteiger partial charge in [0.2, 0.25) is 5.91 Å². The number of benzene rings is 4. The summed E-state index contributed by atoms with van der Waals surface area (Å²) in [6.07, 6.45) is 0.968. The molecule has 148 valence electrons. The van der Waals surface area contributed by atoms with Crippen LogP contribution in [0, 0.1) is 6.92 Å². The Kier molecular flexibility index (Phi) is 4.32. The maximum absolute atomic E-state index is 12.1. The molecule has 4 aromatic carbocycles. The lowest BCUT2D eigenvalue weighted by atomic mass is 10.0. The molecule has 1 amide bonds. The van der Waals surface area contributed by atoms with Crippen molar-refractivity contribution in [1.29, 1.82) is 0 Å². The number of hydrogen-bond donors (Lipinski definition) is 1. The second-order valence-electron chi connectivity index (χ2n) is 8.04. The molecule has 30 heavy (non-hydrogen) atoms. The number of carbonyl (C=O) groups is 1. The zero-order valence-electron chi connectivity index (χ0n) is 17.3. The fourth-order valence-corrected chi connectivity index (χ4v) is 4.48. The van der Waals surface area contributed by atoms with E-state index in [-0.39, 0.29) is 5.91 Å². The quantitative estimate of drug-likeness (QED) is 0.403. The van der Waals surface area contributed by atoms with Gasteiger partial charge in [-0.3, -0.25) is 4.79 Å². The summed E-state index contributed by atoms with van der Waals surface area (Å²) >= 11 is 0. The van der Waals surface area contributed by atoms with E-state index in [1.807, 2.05) is 12.1 Å². The molecule has 0 aliphatic heterocycles. The van der Waals surface area contributed by atoms with Gasteiger partial charge in [0.1, 0.15) is 0 Å². The molecule has 1 aromatic heterocycles. The number of amides is 1. The highest BCUT2D eigenvalue weighted by Crippen LogP contribution is 2.33. The van der Waals surface area contributed by atoms with E-state index in [2.05, 4.69) is 79.1 Å². The molecule has 5 rings (SSSR count). The average molecular weight is 393 g/mol. The number of rotatable bonds is 4. The van der Waals surface area contributed by atoms with Gasteiger partial charge in [-0.25, -0.2) is 0 Å². The summed E-state index contributed by atoms with van der Waals surface area (Å²) in [6, 6.07) is 25.5. The van der Waals surface area contributed by atoms with Crippen molar-refractivity contribution in [2.45, 2.75) is 26.8 Å². The SMILES string of the molecule is CCc1ccc2c3c(C(N)=O)cccc3n(Cc3ccc4cc(C)ccc4c3)c2c1. The number of carbonyl (C=O) groups excluding carboxylic acids is 1. The van der Waals surface area contributed by atoms with Crippen molar-refractivity contribution < 1.29 is 4.79 Å². The van der Waals surface area contributed by atoms with Crippen molar-refractivity contribution in [3.05, 3.63) is 95.1 Å². The Labute approximate surface area is 175 Å². The molecule has 1 heterocycles. The normalized spacial score (nSPS) is 11.5. The molecule has 2 N–H and O–H groups in total.